The molecule has 2 heterocycles. The van der Waals surface area contributed by atoms with Gasteiger partial charge in [-0.25, -0.2) is 4.39 Å². The van der Waals surface area contributed by atoms with Gasteiger partial charge in [-0.2, -0.15) is 5.26 Å². The summed E-state index contributed by atoms with van der Waals surface area (Å²) in [6.45, 7) is 2.57. The zero-order chi connectivity index (χ0) is 21.1. The largest absolute Gasteiger partial charge is 0.367 e. The number of hydrogen-bond acceptors (Lipinski definition) is 4. The number of nitrogens with zero attached hydrogens (tertiary/aromatic N) is 4. The highest BCUT2D eigenvalue weighted by Crippen LogP contribution is 2.26. The van der Waals surface area contributed by atoms with Crippen molar-refractivity contribution in [2.24, 2.45) is 0 Å². The molecule has 0 aromatic heterocycles. The summed E-state index contributed by atoms with van der Waals surface area (Å²) in [5.74, 6) is -0.672. The van der Waals surface area contributed by atoms with E-state index in [9.17, 15) is 19.2 Å². The predicted molar refractivity (Wildman–Crippen MR) is 110 cm³/mol. The van der Waals surface area contributed by atoms with Gasteiger partial charge in [-0.05, 0) is 37.1 Å². The summed E-state index contributed by atoms with van der Waals surface area (Å²) in [6, 6.07) is 15.1. The van der Waals surface area contributed by atoms with Crippen LogP contribution < -0.4 is 4.90 Å². The first-order valence-corrected chi connectivity index (χ1v) is 10.2. The van der Waals surface area contributed by atoms with E-state index in [-0.39, 0.29) is 17.4 Å². The van der Waals surface area contributed by atoms with Crippen LogP contribution in [0.1, 0.15) is 28.8 Å². The van der Waals surface area contributed by atoms with Crippen molar-refractivity contribution in [3.63, 3.8) is 0 Å². The first-order valence-electron chi connectivity index (χ1n) is 10.2. The Morgan fingerprint density at radius 2 is 1.70 bits per heavy atom. The molecule has 2 aliphatic heterocycles. The minimum absolute atomic E-state index is 0.0313. The SMILES string of the molecule is N#Cc1c(F)cccc1N1CCN(C(=O)C2CCCN2C(=O)c2ccccc2)CC1. The van der Waals surface area contributed by atoms with Crippen LogP contribution in [0.3, 0.4) is 0 Å². The summed E-state index contributed by atoms with van der Waals surface area (Å²) < 4.78 is 13.9. The van der Waals surface area contributed by atoms with Crippen LogP contribution in [0.2, 0.25) is 0 Å². The molecule has 2 saturated heterocycles. The van der Waals surface area contributed by atoms with Crippen LogP contribution in [0.15, 0.2) is 48.5 Å². The number of rotatable bonds is 3. The van der Waals surface area contributed by atoms with Crippen LogP contribution >= 0.6 is 0 Å². The number of piperazine rings is 1. The molecule has 1 atom stereocenters. The Bertz CT molecular complexity index is 980. The Balaban J connectivity index is 1.43. The van der Waals surface area contributed by atoms with Gasteiger partial charge in [-0.1, -0.05) is 24.3 Å². The molecule has 7 heteroatoms. The Hall–Kier alpha value is -3.40. The van der Waals surface area contributed by atoms with E-state index in [0.29, 0.717) is 50.4 Å². The molecule has 2 aromatic rings. The average molecular weight is 406 g/mol. The Labute approximate surface area is 175 Å². The topological polar surface area (TPSA) is 67.7 Å². The fourth-order valence-electron chi connectivity index (χ4n) is 4.28. The van der Waals surface area contributed by atoms with Crippen LogP contribution in [0, 0.1) is 17.1 Å². The second-order valence-electron chi connectivity index (χ2n) is 7.58. The van der Waals surface area contributed by atoms with Crippen LogP contribution in [-0.4, -0.2) is 60.4 Å². The van der Waals surface area contributed by atoms with E-state index in [4.69, 9.17) is 0 Å². The van der Waals surface area contributed by atoms with Gasteiger partial charge in [-0.3, -0.25) is 9.59 Å². The summed E-state index contributed by atoms with van der Waals surface area (Å²) in [5.41, 5.74) is 1.19. The number of carbonyl (C=O) groups excluding carboxylic acids is 2. The van der Waals surface area contributed by atoms with E-state index in [2.05, 4.69) is 0 Å². The molecule has 154 valence electrons. The molecule has 30 heavy (non-hydrogen) atoms. The van der Waals surface area contributed by atoms with Gasteiger partial charge in [0.1, 0.15) is 23.5 Å². The highest BCUT2D eigenvalue weighted by molar-refractivity contribution is 5.98. The van der Waals surface area contributed by atoms with Crippen molar-refractivity contribution < 1.29 is 14.0 Å². The van der Waals surface area contributed by atoms with Gasteiger partial charge in [0.15, 0.2) is 0 Å². The lowest BCUT2D eigenvalue weighted by Crippen LogP contribution is -2.54. The third-order valence-corrected chi connectivity index (χ3v) is 5.85. The van der Waals surface area contributed by atoms with E-state index in [1.165, 1.54) is 6.07 Å². The van der Waals surface area contributed by atoms with Gasteiger partial charge in [0, 0.05) is 38.3 Å². The van der Waals surface area contributed by atoms with Crippen molar-refractivity contribution in [3.8, 4) is 6.07 Å². The van der Waals surface area contributed by atoms with Crippen molar-refractivity contribution >= 4 is 17.5 Å². The molecule has 0 N–H and O–H groups in total. The third kappa shape index (κ3) is 3.73. The van der Waals surface area contributed by atoms with E-state index < -0.39 is 11.9 Å². The van der Waals surface area contributed by atoms with Crippen LogP contribution in [0.25, 0.3) is 0 Å². The van der Waals surface area contributed by atoms with E-state index in [1.54, 1.807) is 34.1 Å². The molecular weight excluding hydrogens is 383 g/mol. The fraction of sp³-hybridized carbons (Fsp3) is 0.348. The van der Waals surface area contributed by atoms with Crippen molar-refractivity contribution in [1.29, 1.82) is 5.26 Å². The van der Waals surface area contributed by atoms with Crippen LogP contribution in [-0.2, 0) is 4.79 Å². The standard InChI is InChI=1S/C23H23FN4O2/c24-19-8-4-9-20(18(19)16-25)26-12-14-27(15-13-26)23(30)21-10-5-11-28(21)22(29)17-6-2-1-3-7-17/h1-4,6-9,21H,5,10-15H2. The molecule has 2 aliphatic rings. The van der Waals surface area contributed by atoms with Crippen molar-refractivity contribution in [2.75, 3.05) is 37.6 Å². The first-order chi connectivity index (χ1) is 14.6. The summed E-state index contributed by atoms with van der Waals surface area (Å²) in [7, 11) is 0. The molecule has 0 bridgehead atoms. The summed E-state index contributed by atoms with van der Waals surface area (Å²) in [5, 5.41) is 9.27. The molecule has 6 nitrogen and oxygen atoms in total. The number of halogens is 1. The smallest absolute Gasteiger partial charge is 0.254 e. The summed E-state index contributed by atoms with van der Waals surface area (Å²) in [4.78, 5) is 31.4. The molecule has 0 aliphatic carbocycles. The number of benzene rings is 2. The van der Waals surface area contributed by atoms with Gasteiger partial charge < -0.3 is 14.7 Å². The van der Waals surface area contributed by atoms with Crippen molar-refractivity contribution in [3.05, 3.63) is 65.5 Å². The average Bonchev–Trinajstić information content (AvgIpc) is 3.28. The maximum Gasteiger partial charge on any atom is 0.254 e. The molecule has 1 unspecified atom stereocenters. The zero-order valence-electron chi connectivity index (χ0n) is 16.6. The highest BCUT2D eigenvalue weighted by Gasteiger charge is 2.37. The fourth-order valence-corrected chi connectivity index (χ4v) is 4.28. The number of carbonyl (C=O) groups is 2. The number of amides is 2. The maximum absolute atomic E-state index is 13.9. The summed E-state index contributed by atoms with van der Waals surface area (Å²) >= 11 is 0. The lowest BCUT2D eigenvalue weighted by Gasteiger charge is -2.38. The predicted octanol–water partition coefficient (Wildman–Crippen LogP) is 2.65. The minimum Gasteiger partial charge on any atom is -0.367 e. The molecule has 0 saturated carbocycles. The van der Waals surface area contributed by atoms with Gasteiger partial charge in [0.25, 0.3) is 5.91 Å². The number of nitriles is 1. The molecule has 0 radical (unpaired) electrons. The Morgan fingerprint density at radius 1 is 0.967 bits per heavy atom. The second-order valence-corrected chi connectivity index (χ2v) is 7.58. The molecule has 2 amide bonds. The summed E-state index contributed by atoms with van der Waals surface area (Å²) in [6.07, 6.45) is 1.48. The number of anilines is 1. The third-order valence-electron chi connectivity index (χ3n) is 5.85. The minimum atomic E-state index is -0.533. The monoisotopic (exact) mass is 406 g/mol. The van der Waals surface area contributed by atoms with Gasteiger partial charge in [0.05, 0.1) is 5.69 Å². The van der Waals surface area contributed by atoms with Crippen LogP contribution in [0.5, 0.6) is 0 Å². The lowest BCUT2D eigenvalue weighted by molar-refractivity contribution is -0.135. The zero-order valence-corrected chi connectivity index (χ0v) is 16.6. The Morgan fingerprint density at radius 3 is 2.40 bits per heavy atom. The lowest BCUT2D eigenvalue weighted by atomic mass is 10.1. The molecular formula is C23H23FN4O2. The van der Waals surface area contributed by atoms with Gasteiger partial charge >= 0.3 is 0 Å². The molecule has 2 fully saturated rings. The maximum atomic E-state index is 13.9. The van der Waals surface area contributed by atoms with E-state index in [1.807, 2.05) is 29.2 Å². The normalized spacial score (nSPS) is 18.9. The van der Waals surface area contributed by atoms with Gasteiger partial charge in [0.2, 0.25) is 5.91 Å². The van der Waals surface area contributed by atoms with Gasteiger partial charge in [-0.15, -0.1) is 0 Å². The van der Waals surface area contributed by atoms with Crippen molar-refractivity contribution in [1.82, 2.24) is 9.80 Å². The number of hydrogen-bond donors (Lipinski definition) is 0. The van der Waals surface area contributed by atoms with E-state index in [0.717, 1.165) is 6.42 Å². The quantitative estimate of drug-likeness (QED) is 0.786. The first kappa shape index (κ1) is 19.9. The number of likely N-dealkylation sites (tertiary alicyclic amines) is 1. The molecule has 4 rings (SSSR count). The second kappa shape index (κ2) is 8.54. The molecule has 2 aromatic carbocycles. The van der Waals surface area contributed by atoms with Crippen LogP contribution in [0.4, 0.5) is 10.1 Å². The molecule has 0 spiro atoms. The van der Waals surface area contributed by atoms with Crippen molar-refractivity contribution in [2.45, 2.75) is 18.9 Å². The highest BCUT2D eigenvalue weighted by atomic mass is 19.1. The Kier molecular flexibility index (Phi) is 5.66. The van der Waals surface area contributed by atoms with E-state index >= 15 is 0 Å².